The molecule has 2 atom stereocenters. The lowest BCUT2D eigenvalue weighted by molar-refractivity contribution is -0.386. The van der Waals surface area contributed by atoms with Crippen LogP contribution >= 0.6 is 0 Å². The van der Waals surface area contributed by atoms with Crippen LogP contribution in [0.2, 0.25) is 0 Å². The van der Waals surface area contributed by atoms with Gasteiger partial charge in [-0.3, -0.25) is 19.7 Å². The molecule has 1 saturated carbocycles. The summed E-state index contributed by atoms with van der Waals surface area (Å²) in [6.07, 6.45) is 1.54. The molecule has 0 aromatic heterocycles. The predicted molar refractivity (Wildman–Crippen MR) is 83.5 cm³/mol. The molecule has 23 heavy (non-hydrogen) atoms. The molecule has 1 aromatic rings. The SMILES string of the molecule is Cc1cc(C)c([N+](=O)[O-])c(C)c1C(=O)N[C@H]1CC[C@@H](C(=O)O)C1. The van der Waals surface area contributed by atoms with Crippen LogP contribution in [0.5, 0.6) is 0 Å². The van der Waals surface area contributed by atoms with Gasteiger partial charge < -0.3 is 10.4 Å². The van der Waals surface area contributed by atoms with Crippen LogP contribution < -0.4 is 5.32 Å². The molecule has 1 amide bonds. The van der Waals surface area contributed by atoms with Crippen molar-refractivity contribution in [1.82, 2.24) is 5.32 Å². The molecule has 0 heterocycles. The summed E-state index contributed by atoms with van der Waals surface area (Å²) in [5.74, 6) is -1.66. The van der Waals surface area contributed by atoms with Crippen molar-refractivity contribution in [1.29, 1.82) is 0 Å². The lowest BCUT2D eigenvalue weighted by Crippen LogP contribution is -2.34. The number of aliphatic carboxylic acids is 1. The molecule has 7 heteroatoms. The van der Waals surface area contributed by atoms with Crippen molar-refractivity contribution < 1.29 is 19.6 Å². The van der Waals surface area contributed by atoms with E-state index in [0.717, 1.165) is 0 Å². The fourth-order valence-electron chi connectivity index (χ4n) is 3.40. The van der Waals surface area contributed by atoms with E-state index in [1.807, 2.05) is 0 Å². The van der Waals surface area contributed by atoms with Gasteiger partial charge in [0.15, 0.2) is 0 Å². The largest absolute Gasteiger partial charge is 0.481 e. The molecule has 124 valence electrons. The first-order valence-electron chi connectivity index (χ1n) is 7.51. The fraction of sp³-hybridized carbons (Fsp3) is 0.500. The number of nitro benzene ring substituents is 1. The first-order valence-corrected chi connectivity index (χ1v) is 7.51. The number of aryl methyl sites for hydroxylation is 2. The lowest BCUT2D eigenvalue weighted by Gasteiger charge is -2.16. The summed E-state index contributed by atoms with van der Waals surface area (Å²) < 4.78 is 0. The van der Waals surface area contributed by atoms with Crippen LogP contribution in [0, 0.1) is 36.8 Å². The molecular formula is C16H20N2O5. The number of carboxylic acid groups (broad SMARTS) is 1. The van der Waals surface area contributed by atoms with Crippen LogP contribution in [-0.2, 0) is 4.79 Å². The minimum atomic E-state index is -0.847. The van der Waals surface area contributed by atoms with Gasteiger partial charge in [-0.2, -0.15) is 0 Å². The number of hydrogen-bond acceptors (Lipinski definition) is 4. The number of carbonyl (C=O) groups is 2. The molecule has 1 aliphatic carbocycles. The monoisotopic (exact) mass is 320 g/mol. The van der Waals surface area contributed by atoms with Crippen molar-refractivity contribution >= 4 is 17.6 Å². The Morgan fingerprint density at radius 3 is 2.43 bits per heavy atom. The van der Waals surface area contributed by atoms with Crippen LogP contribution in [-0.4, -0.2) is 27.9 Å². The maximum atomic E-state index is 12.5. The van der Waals surface area contributed by atoms with Gasteiger partial charge in [0.05, 0.1) is 16.4 Å². The number of nitrogens with one attached hydrogen (secondary N) is 1. The molecule has 2 rings (SSSR count). The van der Waals surface area contributed by atoms with Gasteiger partial charge in [-0.1, -0.05) is 0 Å². The molecule has 0 saturated heterocycles. The van der Waals surface area contributed by atoms with Gasteiger partial charge in [0.25, 0.3) is 11.6 Å². The molecule has 0 unspecified atom stereocenters. The van der Waals surface area contributed by atoms with E-state index in [1.165, 1.54) is 0 Å². The van der Waals surface area contributed by atoms with Crippen molar-refractivity contribution in [2.45, 2.75) is 46.1 Å². The van der Waals surface area contributed by atoms with E-state index in [0.29, 0.717) is 41.5 Å². The van der Waals surface area contributed by atoms with E-state index < -0.39 is 16.8 Å². The average molecular weight is 320 g/mol. The normalized spacial score (nSPS) is 20.3. The van der Waals surface area contributed by atoms with Crippen LogP contribution in [0.1, 0.15) is 46.3 Å². The van der Waals surface area contributed by atoms with Crippen molar-refractivity contribution in [2.24, 2.45) is 5.92 Å². The molecule has 0 radical (unpaired) electrons. The molecular weight excluding hydrogens is 300 g/mol. The van der Waals surface area contributed by atoms with Crippen molar-refractivity contribution in [3.8, 4) is 0 Å². The van der Waals surface area contributed by atoms with E-state index in [2.05, 4.69) is 5.32 Å². The zero-order valence-corrected chi connectivity index (χ0v) is 13.4. The second-order valence-electron chi connectivity index (χ2n) is 6.13. The number of rotatable bonds is 4. The van der Waals surface area contributed by atoms with Crippen LogP contribution in [0.25, 0.3) is 0 Å². The van der Waals surface area contributed by atoms with E-state index in [1.54, 1.807) is 26.8 Å². The van der Waals surface area contributed by atoms with Gasteiger partial charge >= 0.3 is 5.97 Å². The summed E-state index contributed by atoms with van der Waals surface area (Å²) in [7, 11) is 0. The molecule has 1 aliphatic rings. The van der Waals surface area contributed by atoms with Crippen molar-refractivity contribution in [3.05, 3.63) is 38.4 Å². The summed E-state index contributed by atoms with van der Waals surface area (Å²) in [6.45, 7) is 4.96. The Labute approximate surface area is 133 Å². The highest BCUT2D eigenvalue weighted by atomic mass is 16.6. The number of nitro groups is 1. The second kappa shape index (κ2) is 6.36. The number of amides is 1. The average Bonchev–Trinajstić information content (AvgIpc) is 2.85. The van der Waals surface area contributed by atoms with E-state index in [4.69, 9.17) is 5.11 Å². The molecule has 0 spiro atoms. The molecule has 7 nitrogen and oxygen atoms in total. The fourth-order valence-corrected chi connectivity index (χ4v) is 3.40. The quantitative estimate of drug-likeness (QED) is 0.654. The molecule has 1 aromatic carbocycles. The zero-order chi connectivity index (χ0) is 17.3. The maximum Gasteiger partial charge on any atom is 0.306 e. The first kappa shape index (κ1) is 16.9. The third kappa shape index (κ3) is 3.33. The highest BCUT2D eigenvalue weighted by molar-refractivity contribution is 5.98. The third-order valence-corrected chi connectivity index (χ3v) is 4.46. The predicted octanol–water partition coefficient (Wildman–Crippen LogP) is 2.50. The number of carboxylic acids is 1. The summed E-state index contributed by atoms with van der Waals surface area (Å²) in [6, 6.07) is 1.43. The summed E-state index contributed by atoms with van der Waals surface area (Å²) in [5.41, 5.74) is 1.80. The molecule has 0 bridgehead atoms. The van der Waals surface area contributed by atoms with Gasteiger partial charge in [0.2, 0.25) is 0 Å². The smallest absolute Gasteiger partial charge is 0.306 e. The van der Waals surface area contributed by atoms with E-state index >= 15 is 0 Å². The van der Waals surface area contributed by atoms with Crippen molar-refractivity contribution in [3.63, 3.8) is 0 Å². The maximum absolute atomic E-state index is 12.5. The third-order valence-electron chi connectivity index (χ3n) is 4.46. The van der Waals surface area contributed by atoms with Crippen LogP contribution in [0.3, 0.4) is 0 Å². The number of carbonyl (C=O) groups excluding carboxylic acids is 1. The summed E-state index contributed by atoms with van der Waals surface area (Å²) in [4.78, 5) is 34.2. The van der Waals surface area contributed by atoms with E-state index in [-0.39, 0.29) is 17.6 Å². The Hall–Kier alpha value is -2.44. The Morgan fingerprint density at radius 2 is 1.91 bits per heavy atom. The Morgan fingerprint density at radius 1 is 1.26 bits per heavy atom. The number of hydrogen-bond donors (Lipinski definition) is 2. The Balaban J connectivity index is 2.25. The van der Waals surface area contributed by atoms with Gasteiger partial charge in [0.1, 0.15) is 0 Å². The first-order chi connectivity index (χ1) is 10.7. The van der Waals surface area contributed by atoms with Gasteiger partial charge in [0, 0.05) is 17.2 Å². The highest BCUT2D eigenvalue weighted by Gasteiger charge is 2.32. The van der Waals surface area contributed by atoms with Crippen LogP contribution in [0.4, 0.5) is 5.69 Å². The lowest BCUT2D eigenvalue weighted by atomic mass is 9.96. The molecule has 2 N–H and O–H groups in total. The minimum absolute atomic E-state index is 0.0458. The van der Waals surface area contributed by atoms with Gasteiger partial charge in [-0.25, -0.2) is 0 Å². The van der Waals surface area contributed by atoms with Gasteiger partial charge in [-0.15, -0.1) is 0 Å². The Kier molecular flexibility index (Phi) is 4.68. The topological polar surface area (TPSA) is 110 Å². The zero-order valence-electron chi connectivity index (χ0n) is 13.4. The van der Waals surface area contributed by atoms with Gasteiger partial charge in [-0.05, 0) is 51.7 Å². The van der Waals surface area contributed by atoms with Crippen molar-refractivity contribution in [2.75, 3.05) is 0 Å². The number of nitrogens with zero attached hydrogens (tertiary/aromatic N) is 1. The minimum Gasteiger partial charge on any atom is -0.481 e. The number of benzene rings is 1. The van der Waals surface area contributed by atoms with Crippen LogP contribution in [0.15, 0.2) is 6.07 Å². The summed E-state index contributed by atoms with van der Waals surface area (Å²) >= 11 is 0. The van der Waals surface area contributed by atoms with E-state index in [9.17, 15) is 19.7 Å². The molecule has 0 aliphatic heterocycles. The Bertz CT molecular complexity index is 684. The molecule has 1 fully saturated rings. The summed E-state index contributed by atoms with van der Waals surface area (Å²) in [5, 5.41) is 23.0. The second-order valence-corrected chi connectivity index (χ2v) is 6.13. The standard InChI is InChI=1S/C16H20N2O5/c1-8-6-9(2)14(18(22)23)10(3)13(8)15(19)17-12-5-4-11(7-12)16(20)21/h6,11-12H,4-5,7H2,1-3H3,(H,17,19)(H,20,21)/t11-,12+/m1/s1. The highest BCUT2D eigenvalue weighted by Crippen LogP contribution is 2.30.